The van der Waals surface area contributed by atoms with Crippen molar-refractivity contribution in [2.45, 2.75) is 46.6 Å². The molecular formula is C18H23NO2. The van der Waals surface area contributed by atoms with E-state index >= 15 is 0 Å². The number of pyridine rings is 1. The first-order valence-corrected chi connectivity index (χ1v) is 7.16. The molecule has 0 spiro atoms. The third-order valence-corrected chi connectivity index (χ3v) is 3.42. The zero-order chi connectivity index (χ0) is 15.6. The van der Waals surface area contributed by atoms with Gasteiger partial charge in [0.05, 0.1) is 6.61 Å². The van der Waals surface area contributed by atoms with Crippen LogP contribution in [0, 0.1) is 13.8 Å². The van der Waals surface area contributed by atoms with Gasteiger partial charge in [-0.25, -0.2) is 0 Å². The highest BCUT2D eigenvalue weighted by atomic mass is 16.5. The summed E-state index contributed by atoms with van der Waals surface area (Å²) in [5.41, 5.74) is 3.85. The van der Waals surface area contributed by atoms with Crippen LogP contribution in [0.25, 0.3) is 0 Å². The van der Waals surface area contributed by atoms with Crippen LogP contribution in [0.4, 0.5) is 0 Å². The van der Waals surface area contributed by atoms with Crippen molar-refractivity contribution in [2.75, 3.05) is 0 Å². The Morgan fingerprint density at radius 1 is 1.10 bits per heavy atom. The van der Waals surface area contributed by atoms with Gasteiger partial charge in [-0.05, 0) is 30.9 Å². The number of aliphatic hydroxyl groups excluding tert-OH is 1. The molecule has 0 fully saturated rings. The molecule has 1 aromatic heterocycles. The van der Waals surface area contributed by atoms with Crippen molar-refractivity contribution < 1.29 is 9.84 Å². The maximum absolute atomic E-state index is 9.45. The molecule has 0 bridgehead atoms. The Morgan fingerprint density at radius 3 is 2.43 bits per heavy atom. The molecule has 0 aliphatic heterocycles. The van der Waals surface area contributed by atoms with E-state index in [2.05, 4.69) is 37.9 Å². The molecule has 2 rings (SSSR count). The highest BCUT2D eigenvalue weighted by Gasteiger charge is 2.20. The second-order valence-electron chi connectivity index (χ2n) is 6.44. The topological polar surface area (TPSA) is 42.4 Å². The zero-order valence-corrected chi connectivity index (χ0v) is 13.4. The second kappa shape index (κ2) is 5.86. The Morgan fingerprint density at radius 2 is 1.81 bits per heavy atom. The Kier molecular flexibility index (Phi) is 4.33. The van der Waals surface area contributed by atoms with Gasteiger partial charge in [-0.15, -0.1) is 0 Å². The zero-order valence-electron chi connectivity index (χ0n) is 13.4. The van der Waals surface area contributed by atoms with Gasteiger partial charge in [0.2, 0.25) is 0 Å². The van der Waals surface area contributed by atoms with Crippen molar-refractivity contribution in [2.24, 2.45) is 0 Å². The predicted molar refractivity (Wildman–Crippen MR) is 84.8 cm³/mol. The van der Waals surface area contributed by atoms with Crippen LogP contribution in [-0.4, -0.2) is 10.1 Å². The molecule has 0 saturated carbocycles. The number of aliphatic hydroxyl groups is 1. The van der Waals surface area contributed by atoms with E-state index < -0.39 is 0 Å². The van der Waals surface area contributed by atoms with Crippen LogP contribution < -0.4 is 4.74 Å². The number of benzene rings is 1. The van der Waals surface area contributed by atoms with Gasteiger partial charge in [0, 0.05) is 29.1 Å². The number of ether oxygens (including phenoxy) is 1. The number of aryl methyl sites for hydroxylation is 2. The van der Waals surface area contributed by atoms with Crippen LogP contribution >= 0.6 is 0 Å². The number of hydrogen-bond acceptors (Lipinski definition) is 3. The molecule has 0 radical (unpaired) electrons. The number of aromatic nitrogens is 1. The summed E-state index contributed by atoms with van der Waals surface area (Å²) in [6.07, 6.45) is 1.66. The smallest absolute Gasteiger partial charge is 0.136 e. The van der Waals surface area contributed by atoms with E-state index in [-0.39, 0.29) is 12.0 Å². The summed E-state index contributed by atoms with van der Waals surface area (Å²) >= 11 is 0. The van der Waals surface area contributed by atoms with Crippen molar-refractivity contribution in [3.63, 3.8) is 0 Å². The standard InChI is InChI=1S/C18H23NO2/c1-12-6-7-15(18(3,4)5)17(8-12)21-16-9-13(2)19-10-14(16)11-20/h6-10,20H,11H2,1-5H3. The monoisotopic (exact) mass is 285 g/mol. The fraction of sp³-hybridized carbons (Fsp3) is 0.389. The average Bonchev–Trinajstić information content (AvgIpc) is 2.37. The van der Waals surface area contributed by atoms with Crippen molar-refractivity contribution in [3.8, 4) is 11.5 Å². The lowest BCUT2D eigenvalue weighted by Crippen LogP contribution is -2.13. The average molecular weight is 285 g/mol. The summed E-state index contributed by atoms with van der Waals surface area (Å²) in [5.74, 6) is 1.50. The van der Waals surface area contributed by atoms with Gasteiger partial charge < -0.3 is 9.84 Å². The number of rotatable bonds is 3. The summed E-state index contributed by atoms with van der Waals surface area (Å²) < 4.78 is 6.12. The fourth-order valence-corrected chi connectivity index (χ4v) is 2.23. The van der Waals surface area contributed by atoms with Crippen LogP contribution in [0.5, 0.6) is 11.5 Å². The van der Waals surface area contributed by atoms with E-state index in [4.69, 9.17) is 4.74 Å². The van der Waals surface area contributed by atoms with E-state index in [1.807, 2.05) is 26.0 Å². The molecule has 0 aliphatic rings. The van der Waals surface area contributed by atoms with Crippen LogP contribution in [0.15, 0.2) is 30.5 Å². The maximum Gasteiger partial charge on any atom is 0.136 e. The highest BCUT2D eigenvalue weighted by Crippen LogP contribution is 2.36. The van der Waals surface area contributed by atoms with E-state index in [1.54, 1.807) is 6.20 Å². The molecule has 0 unspecified atom stereocenters. The minimum atomic E-state index is -0.0840. The quantitative estimate of drug-likeness (QED) is 0.915. The molecule has 0 saturated heterocycles. The fourth-order valence-electron chi connectivity index (χ4n) is 2.23. The third kappa shape index (κ3) is 3.61. The van der Waals surface area contributed by atoms with Crippen LogP contribution in [0.1, 0.15) is 43.2 Å². The van der Waals surface area contributed by atoms with Gasteiger partial charge in [0.25, 0.3) is 0 Å². The molecule has 0 amide bonds. The third-order valence-electron chi connectivity index (χ3n) is 3.42. The summed E-state index contributed by atoms with van der Waals surface area (Å²) in [7, 11) is 0. The molecule has 2 aromatic rings. The molecule has 3 heteroatoms. The van der Waals surface area contributed by atoms with Gasteiger partial charge in [0.1, 0.15) is 11.5 Å². The minimum Gasteiger partial charge on any atom is -0.457 e. The van der Waals surface area contributed by atoms with Gasteiger partial charge in [-0.3, -0.25) is 4.98 Å². The molecule has 1 heterocycles. The lowest BCUT2D eigenvalue weighted by Gasteiger charge is -2.23. The van der Waals surface area contributed by atoms with Gasteiger partial charge in [-0.1, -0.05) is 32.9 Å². The first-order valence-electron chi connectivity index (χ1n) is 7.16. The van der Waals surface area contributed by atoms with Crippen molar-refractivity contribution in [1.82, 2.24) is 4.98 Å². The van der Waals surface area contributed by atoms with Crippen molar-refractivity contribution >= 4 is 0 Å². The number of hydrogen-bond donors (Lipinski definition) is 1. The Hall–Kier alpha value is -1.87. The van der Waals surface area contributed by atoms with E-state index in [9.17, 15) is 5.11 Å². The molecule has 0 aliphatic carbocycles. The van der Waals surface area contributed by atoms with Crippen molar-refractivity contribution in [1.29, 1.82) is 0 Å². The van der Waals surface area contributed by atoms with Gasteiger partial charge >= 0.3 is 0 Å². The molecule has 1 aromatic carbocycles. The summed E-state index contributed by atoms with van der Waals surface area (Å²) in [4.78, 5) is 4.20. The summed E-state index contributed by atoms with van der Waals surface area (Å²) in [6.45, 7) is 10.4. The van der Waals surface area contributed by atoms with Crippen LogP contribution in [0.3, 0.4) is 0 Å². The summed E-state index contributed by atoms with van der Waals surface area (Å²) in [5, 5.41) is 9.45. The Labute approximate surface area is 126 Å². The lowest BCUT2D eigenvalue weighted by atomic mass is 9.86. The molecule has 21 heavy (non-hydrogen) atoms. The second-order valence-corrected chi connectivity index (χ2v) is 6.44. The largest absolute Gasteiger partial charge is 0.457 e. The molecular weight excluding hydrogens is 262 g/mol. The maximum atomic E-state index is 9.45. The van der Waals surface area contributed by atoms with E-state index in [0.717, 1.165) is 22.6 Å². The lowest BCUT2D eigenvalue weighted by molar-refractivity contribution is 0.275. The Bertz CT molecular complexity index is 642. The van der Waals surface area contributed by atoms with Crippen molar-refractivity contribution in [3.05, 3.63) is 52.8 Å². The Balaban J connectivity index is 2.49. The predicted octanol–water partition coefficient (Wildman–Crippen LogP) is 4.28. The van der Waals surface area contributed by atoms with Crippen LogP contribution in [-0.2, 0) is 12.0 Å². The minimum absolute atomic E-state index is 0.00944. The highest BCUT2D eigenvalue weighted by molar-refractivity contribution is 5.45. The first kappa shape index (κ1) is 15.5. The molecule has 1 N–H and O–H groups in total. The summed E-state index contributed by atoms with van der Waals surface area (Å²) in [6, 6.07) is 8.10. The van der Waals surface area contributed by atoms with E-state index in [0.29, 0.717) is 11.3 Å². The molecule has 0 atom stereocenters. The molecule has 3 nitrogen and oxygen atoms in total. The molecule has 112 valence electrons. The normalized spacial score (nSPS) is 11.5. The first-order chi connectivity index (χ1) is 9.81. The number of nitrogens with zero attached hydrogens (tertiary/aromatic N) is 1. The van der Waals surface area contributed by atoms with Crippen LogP contribution in [0.2, 0.25) is 0 Å². The van der Waals surface area contributed by atoms with Gasteiger partial charge in [-0.2, -0.15) is 0 Å². The SMILES string of the molecule is Cc1ccc(C(C)(C)C)c(Oc2cc(C)ncc2CO)c1. The van der Waals surface area contributed by atoms with Gasteiger partial charge in [0.15, 0.2) is 0 Å². The van der Waals surface area contributed by atoms with E-state index in [1.165, 1.54) is 0 Å².